The standard InChI is InChI=1S/C18H26N4O3/c1-4-5-14(3)22-12-18(25-17(22)24)6-8-21(9-7-18)16(23)15-11-19-13(2)10-20-15/h10-11,14H,4-9,12H2,1-3H3. The number of piperidine rings is 1. The lowest BCUT2D eigenvalue weighted by Gasteiger charge is -2.37. The Hall–Kier alpha value is -2.18. The van der Waals surface area contributed by atoms with E-state index < -0.39 is 5.60 Å². The molecule has 2 fully saturated rings. The van der Waals surface area contributed by atoms with Gasteiger partial charge in [-0.1, -0.05) is 13.3 Å². The van der Waals surface area contributed by atoms with Gasteiger partial charge in [-0.15, -0.1) is 0 Å². The highest BCUT2D eigenvalue weighted by atomic mass is 16.6. The van der Waals surface area contributed by atoms with Gasteiger partial charge in [-0.05, 0) is 20.3 Å². The lowest BCUT2D eigenvalue weighted by molar-refractivity contribution is 0.00288. The van der Waals surface area contributed by atoms with Crippen molar-refractivity contribution in [1.82, 2.24) is 19.8 Å². The van der Waals surface area contributed by atoms with Crippen LogP contribution in [0.25, 0.3) is 0 Å². The minimum Gasteiger partial charge on any atom is -0.441 e. The van der Waals surface area contributed by atoms with E-state index in [1.807, 2.05) is 11.8 Å². The Morgan fingerprint density at radius 3 is 2.64 bits per heavy atom. The molecule has 2 saturated heterocycles. The topological polar surface area (TPSA) is 75.6 Å². The van der Waals surface area contributed by atoms with E-state index in [-0.39, 0.29) is 18.0 Å². The number of hydrogen-bond donors (Lipinski definition) is 0. The summed E-state index contributed by atoms with van der Waals surface area (Å²) in [5.74, 6) is -0.108. The number of carbonyl (C=O) groups excluding carboxylic acids is 2. The second-order valence-corrected chi connectivity index (χ2v) is 7.15. The van der Waals surface area contributed by atoms with Gasteiger partial charge in [-0.3, -0.25) is 9.78 Å². The molecule has 1 atom stereocenters. The molecule has 2 amide bonds. The van der Waals surface area contributed by atoms with Crippen LogP contribution in [0.5, 0.6) is 0 Å². The number of aryl methyl sites for hydroxylation is 1. The highest BCUT2D eigenvalue weighted by Crippen LogP contribution is 2.35. The molecule has 3 heterocycles. The van der Waals surface area contributed by atoms with Crippen LogP contribution in [-0.4, -0.2) is 63.0 Å². The summed E-state index contributed by atoms with van der Waals surface area (Å²) >= 11 is 0. The minimum absolute atomic E-state index is 0.108. The van der Waals surface area contributed by atoms with Gasteiger partial charge in [0.25, 0.3) is 5.91 Å². The molecule has 0 radical (unpaired) electrons. The van der Waals surface area contributed by atoms with Crippen LogP contribution in [0.4, 0.5) is 4.79 Å². The molecule has 0 aromatic carbocycles. The van der Waals surface area contributed by atoms with E-state index in [1.165, 1.54) is 6.20 Å². The molecule has 0 bridgehead atoms. The summed E-state index contributed by atoms with van der Waals surface area (Å²) in [6.45, 7) is 7.78. The van der Waals surface area contributed by atoms with Crippen LogP contribution in [0, 0.1) is 6.92 Å². The average molecular weight is 346 g/mol. The third-order valence-corrected chi connectivity index (χ3v) is 5.20. The number of amides is 2. The van der Waals surface area contributed by atoms with E-state index in [2.05, 4.69) is 23.8 Å². The zero-order valence-electron chi connectivity index (χ0n) is 15.2. The van der Waals surface area contributed by atoms with Gasteiger partial charge in [0.1, 0.15) is 11.3 Å². The molecular weight excluding hydrogens is 320 g/mol. The predicted octanol–water partition coefficient (Wildman–Crippen LogP) is 2.40. The van der Waals surface area contributed by atoms with Crippen LogP contribution in [0.15, 0.2) is 12.4 Å². The molecule has 1 unspecified atom stereocenters. The molecule has 1 aromatic heterocycles. The molecule has 0 N–H and O–H groups in total. The van der Waals surface area contributed by atoms with E-state index >= 15 is 0 Å². The normalized spacial score (nSPS) is 20.7. The number of likely N-dealkylation sites (tertiary alicyclic amines) is 1. The van der Waals surface area contributed by atoms with Crippen molar-refractivity contribution in [3.05, 3.63) is 23.8 Å². The summed E-state index contributed by atoms with van der Waals surface area (Å²) in [6, 6.07) is 0.194. The summed E-state index contributed by atoms with van der Waals surface area (Å²) in [5.41, 5.74) is 0.700. The van der Waals surface area contributed by atoms with Gasteiger partial charge in [0.2, 0.25) is 0 Å². The second kappa shape index (κ2) is 6.98. The molecule has 0 saturated carbocycles. The fraction of sp³-hybridized carbons (Fsp3) is 0.667. The van der Waals surface area contributed by atoms with Crippen LogP contribution in [0.2, 0.25) is 0 Å². The Labute approximate surface area is 148 Å². The van der Waals surface area contributed by atoms with Gasteiger partial charge >= 0.3 is 6.09 Å². The molecule has 136 valence electrons. The van der Waals surface area contributed by atoms with Crippen molar-refractivity contribution in [3.8, 4) is 0 Å². The molecule has 7 heteroatoms. The van der Waals surface area contributed by atoms with Gasteiger partial charge in [0, 0.05) is 38.2 Å². The number of aromatic nitrogens is 2. The number of carbonyl (C=O) groups is 2. The van der Waals surface area contributed by atoms with E-state index in [1.54, 1.807) is 11.1 Å². The Morgan fingerprint density at radius 2 is 2.04 bits per heavy atom. The van der Waals surface area contributed by atoms with Crippen LogP contribution >= 0.6 is 0 Å². The van der Waals surface area contributed by atoms with Crippen molar-refractivity contribution >= 4 is 12.0 Å². The van der Waals surface area contributed by atoms with Crippen molar-refractivity contribution in [3.63, 3.8) is 0 Å². The zero-order chi connectivity index (χ0) is 18.0. The van der Waals surface area contributed by atoms with Crippen LogP contribution < -0.4 is 0 Å². The number of ether oxygens (including phenoxy) is 1. The lowest BCUT2D eigenvalue weighted by atomic mass is 9.90. The molecule has 0 aliphatic carbocycles. The first-order valence-corrected chi connectivity index (χ1v) is 9.01. The van der Waals surface area contributed by atoms with Gasteiger partial charge in [0.15, 0.2) is 0 Å². The summed E-state index contributed by atoms with van der Waals surface area (Å²) < 4.78 is 5.74. The van der Waals surface area contributed by atoms with E-state index in [0.29, 0.717) is 38.2 Å². The first-order valence-electron chi connectivity index (χ1n) is 9.01. The van der Waals surface area contributed by atoms with Crippen LogP contribution in [-0.2, 0) is 4.74 Å². The van der Waals surface area contributed by atoms with Crippen LogP contribution in [0.1, 0.15) is 55.7 Å². The highest BCUT2D eigenvalue weighted by molar-refractivity contribution is 5.92. The van der Waals surface area contributed by atoms with Gasteiger partial charge < -0.3 is 14.5 Å². The molecule has 1 spiro atoms. The third-order valence-electron chi connectivity index (χ3n) is 5.20. The monoisotopic (exact) mass is 346 g/mol. The zero-order valence-corrected chi connectivity index (χ0v) is 15.2. The summed E-state index contributed by atoms with van der Waals surface area (Å²) in [5, 5.41) is 0. The molecule has 25 heavy (non-hydrogen) atoms. The van der Waals surface area contributed by atoms with Crippen molar-refractivity contribution in [1.29, 1.82) is 0 Å². The fourth-order valence-electron chi connectivity index (χ4n) is 3.60. The summed E-state index contributed by atoms with van der Waals surface area (Å²) in [7, 11) is 0. The second-order valence-electron chi connectivity index (χ2n) is 7.15. The Kier molecular flexibility index (Phi) is 4.92. The van der Waals surface area contributed by atoms with E-state index in [0.717, 1.165) is 18.5 Å². The van der Waals surface area contributed by atoms with Gasteiger partial charge in [-0.2, -0.15) is 0 Å². The third kappa shape index (κ3) is 3.60. The largest absolute Gasteiger partial charge is 0.441 e. The molecular formula is C18H26N4O3. The average Bonchev–Trinajstić information content (AvgIpc) is 2.92. The fourth-order valence-corrected chi connectivity index (χ4v) is 3.60. The van der Waals surface area contributed by atoms with Crippen LogP contribution in [0.3, 0.4) is 0 Å². The maximum atomic E-state index is 12.5. The number of hydrogen-bond acceptors (Lipinski definition) is 5. The molecule has 2 aliphatic rings. The smallest absolute Gasteiger partial charge is 0.410 e. The van der Waals surface area contributed by atoms with Crippen molar-refractivity contribution < 1.29 is 14.3 Å². The Morgan fingerprint density at radius 1 is 1.32 bits per heavy atom. The summed E-state index contributed by atoms with van der Waals surface area (Å²) in [4.78, 5) is 36.7. The van der Waals surface area contributed by atoms with Gasteiger partial charge in [-0.25, -0.2) is 9.78 Å². The SMILES string of the molecule is CCCC(C)N1CC2(CCN(C(=O)c3cnc(C)cn3)CC2)OC1=O. The first kappa shape index (κ1) is 17.6. The maximum absolute atomic E-state index is 12.5. The van der Waals surface area contributed by atoms with Crippen molar-refractivity contribution in [2.75, 3.05) is 19.6 Å². The Bertz CT molecular complexity index is 638. The molecule has 2 aliphatic heterocycles. The lowest BCUT2D eigenvalue weighted by Crippen LogP contribution is -2.49. The van der Waals surface area contributed by atoms with E-state index in [9.17, 15) is 9.59 Å². The highest BCUT2D eigenvalue weighted by Gasteiger charge is 2.48. The van der Waals surface area contributed by atoms with Gasteiger partial charge in [0.05, 0.1) is 18.4 Å². The quantitative estimate of drug-likeness (QED) is 0.837. The molecule has 1 aromatic rings. The number of nitrogens with zero attached hydrogens (tertiary/aromatic N) is 4. The van der Waals surface area contributed by atoms with Crippen molar-refractivity contribution in [2.24, 2.45) is 0 Å². The maximum Gasteiger partial charge on any atom is 0.410 e. The van der Waals surface area contributed by atoms with Crippen molar-refractivity contribution in [2.45, 2.75) is 58.1 Å². The first-order chi connectivity index (χ1) is 11.9. The molecule has 3 rings (SSSR count). The number of rotatable bonds is 4. The minimum atomic E-state index is -0.450. The predicted molar refractivity (Wildman–Crippen MR) is 92.2 cm³/mol. The molecule has 7 nitrogen and oxygen atoms in total. The summed E-state index contributed by atoms with van der Waals surface area (Å²) in [6.07, 6.45) is 6.25. The Balaban J connectivity index is 1.61. The van der Waals surface area contributed by atoms with E-state index in [4.69, 9.17) is 4.74 Å².